The molecule has 5 heteroatoms. The maximum absolute atomic E-state index is 5.67. The summed E-state index contributed by atoms with van der Waals surface area (Å²) in [7, 11) is 0. The molecule has 0 aliphatic carbocycles. The number of rotatable bonds is 6. The van der Waals surface area contributed by atoms with Crippen molar-refractivity contribution in [1.82, 2.24) is 10.2 Å². The van der Waals surface area contributed by atoms with Crippen molar-refractivity contribution in [3.63, 3.8) is 0 Å². The third-order valence-corrected chi connectivity index (χ3v) is 7.58. The van der Waals surface area contributed by atoms with Gasteiger partial charge < -0.3 is 15.1 Å². The van der Waals surface area contributed by atoms with Crippen LogP contribution in [-0.2, 0) is 0 Å². The van der Waals surface area contributed by atoms with E-state index in [1.165, 1.54) is 47.1 Å². The average Bonchev–Trinajstić information content (AvgIpc) is 2.75. The van der Waals surface area contributed by atoms with Gasteiger partial charge >= 0.3 is 0 Å². The zero-order valence-corrected chi connectivity index (χ0v) is 20.0. The minimum Gasteiger partial charge on any atom is -0.376 e. The number of piperidine rings is 1. The standard InChI is InChI=1S/C25H33N3S2/c1-4-13-26-25(29)20-11-12-24-22(15-20)28(21-9-5-6-10-23(21)30-24)19(3)17-27-14-7-8-18(2)16-27/h5-6,9-12,15,18-19H,4,7-8,13-14,16-17H2,1-3H3,(H,26,29). The van der Waals surface area contributed by atoms with Crippen LogP contribution in [0.3, 0.4) is 0 Å². The van der Waals surface area contributed by atoms with E-state index in [0.717, 1.165) is 36.0 Å². The Bertz CT molecular complexity index is 898. The molecule has 0 aromatic heterocycles. The molecule has 30 heavy (non-hydrogen) atoms. The number of likely N-dealkylation sites (tertiary alicyclic amines) is 1. The zero-order chi connectivity index (χ0) is 21.1. The smallest absolute Gasteiger partial charge is 0.106 e. The molecule has 0 bridgehead atoms. The minimum absolute atomic E-state index is 0.392. The van der Waals surface area contributed by atoms with Crippen LogP contribution in [0.15, 0.2) is 52.3 Å². The van der Waals surface area contributed by atoms with E-state index in [-0.39, 0.29) is 0 Å². The first kappa shape index (κ1) is 21.7. The summed E-state index contributed by atoms with van der Waals surface area (Å²) in [5.74, 6) is 0.802. The van der Waals surface area contributed by atoms with Gasteiger partial charge in [0.2, 0.25) is 0 Å². The molecule has 2 atom stereocenters. The van der Waals surface area contributed by atoms with E-state index in [1.54, 1.807) is 0 Å². The van der Waals surface area contributed by atoms with Gasteiger partial charge in [-0.25, -0.2) is 0 Å². The second-order valence-electron chi connectivity index (χ2n) is 8.73. The topological polar surface area (TPSA) is 18.5 Å². The number of hydrogen-bond donors (Lipinski definition) is 1. The Labute approximate surface area is 191 Å². The van der Waals surface area contributed by atoms with E-state index in [2.05, 4.69) is 78.4 Å². The van der Waals surface area contributed by atoms with Crippen LogP contribution in [0.5, 0.6) is 0 Å². The Morgan fingerprint density at radius 3 is 2.80 bits per heavy atom. The first-order chi connectivity index (χ1) is 14.6. The van der Waals surface area contributed by atoms with Crippen LogP contribution in [-0.4, -0.2) is 42.1 Å². The molecule has 3 nitrogen and oxygen atoms in total. The lowest BCUT2D eigenvalue weighted by Crippen LogP contribution is -2.44. The number of benzene rings is 2. The molecular weight excluding hydrogens is 406 g/mol. The normalized spacial score (nSPS) is 19.7. The molecule has 2 unspecified atom stereocenters. The lowest BCUT2D eigenvalue weighted by atomic mass is 9.99. The molecule has 2 heterocycles. The molecule has 0 saturated carbocycles. The van der Waals surface area contributed by atoms with Gasteiger partial charge in [0.1, 0.15) is 4.99 Å². The highest BCUT2D eigenvalue weighted by Gasteiger charge is 2.29. The first-order valence-corrected chi connectivity index (χ1v) is 12.5. The van der Waals surface area contributed by atoms with Crippen molar-refractivity contribution in [2.24, 2.45) is 5.92 Å². The molecule has 2 aromatic rings. The van der Waals surface area contributed by atoms with Gasteiger partial charge in [0, 0.05) is 41.0 Å². The number of para-hydroxylation sites is 1. The number of hydrogen-bond acceptors (Lipinski definition) is 4. The van der Waals surface area contributed by atoms with E-state index in [0.29, 0.717) is 6.04 Å². The average molecular weight is 440 g/mol. The van der Waals surface area contributed by atoms with Gasteiger partial charge in [-0.1, -0.05) is 56.0 Å². The Balaban J connectivity index is 1.65. The third-order valence-electron chi connectivity index (χ3n) is 6.07. The summed E-state index contributed by atoms with van der Waals surface area (Å²) in [5, 5.41) is 3.39. The van der Waals surface area contributed by atoms with Gasteiger partial charge in [-0.3, -0.25) is 0 Å². The molecule has 4 rings (SSSR count). The summed E-state index contributed by atoms with van der Waals surface area (Å²) in [6.45, 7) is 11.4. The highest BCUT2D eigenvalue weighted by atomic mass is 32.2. The predicted molar refractivity (Wildman–Crippen MR) is 133 cm³/mol. The monoisotopic (exact) mass is 439 g/mol. The van der Waals surface area contributed by atoms with Crippen molar-refractivity contribution in [2.75, 3.05) is 31.1 Å². The number of nitrogens with one attached hydrogen (secondary N) is 1. The minimum atomic E-state index is 0.392. The largest absolute Gasteiger partial charge is 0.376 e. The summed E-state index contributed by atoms with van der Waals surface area (Å²) < 4.78 is 0. The van der Waals surface area contributed by atoms with E-state index < -0.39 is 0 Å². The molecule has 1 saturated heterocycles. The van der Waals surface area contributed by atoms with Gasteiger partial charge in [0.05, 0.1) is 11.4 Å². The predicted octanol–water partition coefficient (Wildman–Crippen LogP) is 6.08. The van der Waals surface area contributed by atoms with Crippen molar-refractivity contribution in [3.05, 3.63) is 48.0 Å². The van der Waals surface area contributed by atoms with Crippen LogP contribution >= 0.6 is 24.0 Å². The number of thiocarbonyl (C=S) groups is 1. The van der Waals surface area contributed by atoms with Crippen molar-refractivity contribution < 1.29 is 0 Å². The highest BCUT2D eigenvalue weighted by molar-refractivity contribution is 7.99. The Morgan fingerprint density at radius 2 is 2.00 bits per heavy atom. The molecule has 2 aliphatic rings. The molecule has 2 aliphatic heterocycles. The number of fused-ring (bicyclic) bond motifs is 2. The maximum Gasteiger partial charge on any atom is 0.106 e. The second kappa shape index (κ2) is 9.71. The van der Waals surface area contributed by atoms with E-state index in [4.69, 9.17) is 12.2 Å². The highest BCUT2D eigenvalue weighted by Crippen LogP contribution is 2.49. The molecule has 1 fully saturated rings. The van der Waals surface area contributed by atoms with E-state index in [9.17, 15) is 0 Å². The van der Waals surface area contributed by atoms with Crippen LogP contribution in [0.25, 0.3) is 0 Å². The Hall–Kier alpha value is -1.56. The third kappa shape index (κ3) is 4.68. The summed E-state index contributed by atoms with van der Waals surface area (Å²) >= 11 is 7.54. The fourth-order valence-corrected chi connectivity index (χ4v) is 5.93. The molecule has 0 spiro atoms. The molecule has 2 aromatic carbocycles. The van der Waals surface area contributed by atoms with Crippen molar-refractivity contribution in [3.8, 4) is 0 Å². The lowest BCUT2D eigenvalue weighted by molar-refractivity contribution is 0.177. The van der Waals surface area contributed by atoms with E-state index >= 15 is 0 Å². The summed E-state index contributed by atoms with van der Waals surface area (Å²) in [5.41, 5.74) is 3.72. The van der Waals surface area contributed by atoms with Crippen LogP contribution in [0.2, 0.25) is 0 Å². The van der Waals surface area contributed by atoms with Gasteiger partial charge in [-0.15, -0.1) is 0 Å². The summed E-state index contributed by atoms with van der Waals surface area (Å²) in [6, 6.07) is 15.9. The van der Waals surface area contributed by atoms with Gasteiger partial charge in [0.25, 0.3) is 0 Å². The van der Waals surface area contributed by atoms with Crippen molar-refractivity contribution in [1.29, 1.82) is 0 Å². The van der Waals surface area contributed by atoms with Gasteiger partial charge in [0.15, 0.2) is 0 Å². The SMILES string of the molecule is CCCNC(=S)c1ccc2c(c1)N(C(C)CN1CCCC(C)C1)c1ccccc1S2. The Kier molecular flexibility index (Phi) is 7.01. The van der Waals surface area contributed by atoms with Gasteiger partial charge in [-0.2, -0.15) is 0 Å². The Morgan fingerprint density at radius 1 is 1.20 bits per heavy atom. The van der Waals surface area contributed by atoms with Crippen molar-refractivity contribution in [2.45, 2.75) is 55.9 Å². The fourth-order valence-electron chi connectivity index (χ4n) is 4.65. The molecule has 1 N–H and O–H groups in total. The van der Waals surface area contributed by atoms with Crippen LogP contribution in [0.1, 0.15) is 45.6 Å². The number of nitrogens with zero attached hydrogens (tertiary/aromatic N) is 2. The summed E-state index contributed by atoms with van der Waals surface area (Å²) in [6.07, 6.45) is 3.76. The first-order valence-electron chi connectivity index (χ1n) is 11.3. The van der Waals surface area contributed by atoms with Crippen LogP contribution in [0, 0.1) is 5.92 Å². The summed E-state index contributed by atoms with van der Waals surface area (Å²) in [4.78, 5) is 8.70. The molecule has 0 radical (unpaired) electrons. The van der Waals surface area contributed by atoms with Crippen LogP contribution < -0.4 is 10.2 Å². The maximum atomic E-state index is 5.67. The van der Waals surface area contributed by atoms with Crippen LogP contribution in [0.4, 0.5) is 11.4 Å². The molecule has 0 amide bonds. The molecule has 160 valence electrons. The fraction of sp³-hybridized carbons (Fsp3) is 0.480. The van der Waals surface area contributed by atoms with Crippen molar-refractivity contribution >= 4 is 40.3 Å². The number of anilines is 2. The quantitative estimate of drug-likeness (QED) is 0.548. The lowest BCUT2D eigenvalue weighted by Gasteiger charge is -2.41. The zero-order valence-electron chi connectivity index (χ0n) is 18.4. The molecular formula is C25H33N3S2. The van der Waals surface area contributed by atoms with Gasteiger partial charge in [-0.05, 0) is 62.9 Å². The van der Waals surface area contributed by atoms with E-state index in [1.807, 2.05) is 11.8 Å². The second-order valence-corrected chi connectivity index (χ2v) is 10.2.